The molecule has 23 heavy (non-hydrogen) atoms. The predicted molar refractivity (Wildman–Crippen MR) is 86.1 cm³/mol. The molecule has 0 radical (unpaired) electrons. The van der Waals surface area contributed by atoms with Gasteiger partial charge in [0, 0.05) is 49.8 Å². The van der Waals surface area contributed by atoms with Crippen LogP contribution in [0.4, 0.5) is 24.8 Å². The number of hydrogen-bond donors (Lipinski definition) is 1. The van der Waals surface area contributed by atoms with E-state index in [9.17, 15) is 13.2 Å². The number of rotatable bonds is 4. The molecule has 2 saturated heterocycles. The van der Waals surface area contributed by atoms with Gasteiger partial charge in [-0.2, -0.15) is 24.9 Å². The van der Waals surface area contributed by atoms with E-state index in [2.05, 4.69) is 20.2 Å². The molecule has 0 bridgehead atoms. The van der Waals surface area contributed by atoms with Gasteiger partial charge in [-0.3, -0.25) is 4.90 Å². The normalized spacial score (nSPS) is 23.3. The first kappa shape index (κ1) is 16.6. The fraction of sp³-hybridized carbons (Fsp3) is 0.714. The minimum Gasteiger partial charge on any atom is -0.366 e. The van der Waals surface area contributed by atoms with Gasteiger partial charge in [-0.1, -0.05) is 0 Å². The molecule has 128 valence electrons. The molecule has 2 aliphatic rings. The van der Waals surface area contributed by atoms with Gasteiger partial charge in [0.15, 0.2) is 0 Å². The van der Waals surface area contributed by atoms with E-state index in [1.807, 2.05) is 17.8 Å². The summed E-state index contributed by atoms with van der Waals surface area (Å²) in [5.74, 6) is 3.74. The van der Waals surface area contributed by atoms with Crippen molar-refractivity contribution < 1.29 is 13.2 Å². The van der Waals surface area contributed by atoms with Gasteiger partial charge >= 0.3 is 6.18 Å². The molecular formula is C14H20F3N5S. The number of alkyl halides is 3. The molecule has 0 amide bonds. The Morgan fingerprint density at radius 1 is 1.22 bits per heavy atom. The van der Waals surface area contributed by atoms with Gasteiger partial charge in [0.2, 0.25) is 0 Å². The smallest absolute Gasteiger partial charge is 0.366 e. The van der Waals surface area contributed by atoms with Crippen molar-refractivity contribution in [3.8, 4) is 0 Å². The quantitative estimate of drug-likeness (QED) is 0.900. The highest BCUT2D eigenvalue weighted by atomic mass is 32.2. The molecule has 0 saturated carbocycles. The van der Waals surface area contributed by atoms with E-state index >= 15 is 0 Å². The first-order valence-corrected chi connectivity index (χ1v) is 8.85. The second-order valence-electron chi connectivity index (χ2n) is 5.84. The number of halogens is 3. The SMILES string of the molecule is FC(F)(F)CN1CCC(Nc2cc(N3CCSCC3)ncn2)C1. The van der Waals surface area contributed by atoms with Gasteiger partial charge in [-0.25, -0.2) is 9.97 Å². The lowest BCUT2D eigenvalue weighted by atomic mass is 10.2. The summed E-state index contributed by atoms with van der Waals surface area (Å²) in [5, 5.41) is 3.24. The minimum absolute atomic E-state index is 0.00277. The first-order valence-electron chi connectivity index (χ1n) is 7.70. The van der Waals surface area contributed by atoms with Crippen LogP contribution in [0.25, 0.3) is 0 Å². The largest absolute Gasteiger partial charge is 0.401 e. The average Bonchev–Trinajstić information content (AvgIpc) is 2.93. The molecule has 2 fully saturated rings. The Morgan fingerprint density at radius 3 is 2.74 bits per heavy atom. The van der Waals surface area contributed by atoms with Crippen LogP contribution in [0.2, 0.25) is 0 Å². The molecule has 1 unspecified atom stereocenters. The summed E-state index contributed by atoms with van der Waals surface area (Å²) in [4.78, 5) is 12.2. The third kappa shape index (κ3) is 4.87. The summed E-state index contributed by atoms with van der Waals surface area (Å²) >= 11 is 1.93. The molecule has 3 heterocycles. The highest BCUT2D eigenvalue weighted by Gasteiger charge is 2.34. The number of likely N-dealkylation sites (tertiary alicyclic amines) is 1. The average molecular weight is 347 g/mol. The number of nitrogens with zero attached hydrogens (tertiary/aromatic N) is 4. The van der Waals surface area contributed by atoms with Crippen LogP contribution < -0.4 is 10.2 Å². The van der Waals surface area contributed by atoms with E-state index in [-0.39, 0.29) is 6.04 Å². The van der Waals surface area contributed by atoms with E-state index < -0.39 is 12.7 Å². The first-order chi connectivity index (χ1) is 11.0. The lowest BCUT2D eigenvalue weighted by molar-refractivity contribution is -0.143. The molecular weight excluding hydrogens is 327 g/mol. The number of aromatic nitrogens is 2. The Hall–Kier alpha value is -1.22. The van der Waals surface area contributed by atoms with Crippen molar-refractivity contribution in [2.24, 2.45) is 0 Å². The van der Waals surface area contributed by atoms with Gasteiger partial charge < -0.3 is 10.2 Å². The highest BCUT2D eigenvalue weighted by Crippen LogP contribution is 2.23. The van der Waals surface area contributed by atoms with Gasteiger partial charge in [-0.15, -0.1) is 0 Å². The van der Waals surface area contributed by atoms with Gasteiger partial charge in [0.1, 0.15) is 18.0 Å². The number of nitrogens with one attached hydrogen (secondary N) is 1. The number of hydrogen-bond acceptors (Lipinski definition) is 6. The summed E-state index contributed by atoms with van der Waals surface area (Å²) in [6.45, 7) is 1.93. The topological polar surface area (TPSA) is 44.3 Å². The fourth-order valence-electron chi connectivity index (χ4n) is 2.95. The molecule has 5 nitrogen and oxygen atoms in total. The third-order valence-electron chi connectivity index (χ3n) is 4.01. The lowest BCUT2D eigenvalue weighted by Crippen LogP contribution is -2.34. The molecule has 1 atom stereocenters. The van der Waals surface area contributed by atoms with Crippen molar-refractivity contribution in [1.82, 2.24) is 14.9 Å². The van der Waals surface area contributed by atoms with Crippen LogP contribution in [0.15, 0.2) is 12.4 Å². The van der Waals surface area contributed by atoms with Crippen molar-refractivity contribution in [2.45, 2.75) is 18.6 Å². The van der Waals surface area contributed by atoms with E-state index in [1.165, 1.54) is 11.2 Å². The standard InChI is InChI=1S/C14H20F3N5S/c15-14(16,17)9-21-2-1-11(8-21)20-12-7-13(19-10-18-12)22-3-5-23-6-4-22/h7,10-11H,1-6,8-9H2,(H,18,19,20). The lowest BCUT2D eigenvalue weighted by Gasteiger charge is -2.27. The van der Waals surface area contributed by atoms with Crippen molar-refractivity contribution in [3.05, 3.63) is 12.4 Å². The highest BCUT2D eigenvalue weighted by molar-refractivity contribution is 7.99. The maximum absolute atomic E-state index is 12.4. The van der Waals surface area contributed by atoms with Crippen LogP contribution in [0.5, 0.6) is 0 Å². The maximum atomic E-state index is 12.4. The summed E-state index contributed by atoms with van der Waals surface area (Å²) in [5.41, 5.74) is 0. The Morgan fingerprint density at radius 2 is 2.00 bits per heavy atom. The van der Waals surface area contributed by atoms with Crippen LogP contribution in [0.3, 0.4) is 0 Å². The molecule has 1 aromatic heterocycles. The van der Waals surface area contributed by atoms with E-state index in [4.69, 9.17) is 0 Å². The Labute approximate surface area is 137 Å². The van der Waals surface area contributed by atoms with E-state index in [1.54, 1.807) is 0 Å². The summed E-state index contributed by atoms with van der Waals surface area (Å²) in [7, 11) is 0. The van der Waals surface area contributed by atoms with Gasteiger partial charge in [0.25, 0.3) is 0 Å². The summed E-state index contributed by atoms with van der Waals surface area (Å²) in [6.07, 6.45) is -1.93. The van der Waals surface area contributed by atoms with Crippen molar-refractivity contribution in [3.63, 3.8) is 0 Å². The number of anilines is 2. The van der Waals surface area contributed by atoms with Gasteiger partial charge in [0.05, 0.1) is 6.54 Å². The predicted octanol–water partition coefficient (Wildman–Crippen LogP) is 2.08. The zero-order valence-electron chi connectivity index (χ0n) is 12.7. The molecule has 0 aromatic carbocycles. The third-order valence-corrected chi connectivity index (χ3v) is 4.96. The van der Waals surface area contributed by atoms with Crippen LogP contribution >= 0.6 is 11.8 Å². The van der Waals surface area contributed by atoms with E-state index in [0.717, 1.165) is 30.4 Å². The molecule has 2 aliphatic heterocycles. The van der Waals surface area contributed by atoms with Crippen LogP contribution in [-0.2, 0) is 0 Å². The summed E-state index contributed by atoms with van der Waals surface area (Å²) in [6, 6.07) is 1.89. The maximum Gasteiger partial charge on any atom is 0.401 e. The molecule has 3 rings (SSSR count). The Kier molecular flexibility index (Phi) is 5.15. The van der Waals surface area contributed by atoms with Crippen LogP contribution in [0.1, 0.15) is 6.42 Å². The molecule has 0 spiro atoms. The van der Waals surface area contributed by atoms with Crippen molar-refractivity contribution in [2.75, 3.05) is 54.4 Å². The van der Waals surface area contributed by atoms with Crippen LogP contribution in [-0.4, -0.2) is 71.3 Å². The summed E-state index contributed by atoms with van der Waals surface area (Å²) < 4.78 is 37.3. The second-order valence-corrected chi connectivity index (χ2v) is 7.07. The van der Waals surface area contributed by atoms with Crippen molar-refractivity contribution >= 4 is 23.4 Å². The van der Waals surface area contributed by atoms with Crippen LogP contribution in [0, 0.1) is 0 Å². The Balaban J connectivity index is 1.56. The fourth-order valence-corrected chi connectivity index (χ4v) is 3.85. The van der Waals surface area contributed by atoms with Gasteiger partial charge in [-0.05, 0) is 6.42 Å². The zero-order chi connectivity index (χ0) is 16.3. The van der Waals surface area contributed by atoms with Crippen molar-refractivity contribution in [1.29, 1.82) is 0 Å². The second kappa shape index (κ2) is 7.12. The molecule has 0 aliphatic carbocycles. The number of thioether (sulfide) groups is 1. The Bertz CT molecular complexity index is 521. The van der Waals surface area contributed by atoms with E-state index in [0.29, 0.717) is 25.3 Å². The monoisotopic (exact) mass is 347 g/mol. The minimum atomic E-state index is -4.14. The molecule has 1 N–H and O–H groups in total. The molecule has 9 heteroatoms. The zero-order valence-corrected chi connectivity index (χ0v) is 13.5. The molecule has 1 aromatic rings.